The van der Waals surface area contributed by atoms with Crippen molar-refractivity contribution in [2.24, 2.45) is 0 Å². The second-order valence-electron chi connectivity index (χ2n) is 8.02. The summed E-state index contributed by atoms with van der Waals surface area (Å²) in [6.07, 6.45) is 3.34. The molecule has 5 rings (SSSR count). The Bertz CT molecular complexity index is 1540. The fraction of sp³-hybridized carbons (Fsp3) is 0.250. The number of nitrogens with zero attached hydrogens (tertiary/aromatic N) is 5. The Morgan fingerprint density at radius 1 is 1.16 bits per heavy atom. The van der Waals surface area contributed by atoms with Crippen LogP contribution in [0.4, 0.5) is 15.0 Å². The lowest BCUT2D eigenvalue weighted by Crippen LogP contribution is -2.27. The third kappa shape index (κ3) is 5.95. The van der Waals surface area contributed by atoms with E-state index in [1.807, 2.05) is 18.2 Å². The number of alkyl carbamates (subject to hydrolysis) is 1. The number of imidazole rings is 1. The second kappa shape index (κ2) is 11.2. The molecule has 0 bridgehead atoms. The van der Waals surface area contributed by atoms with Gasteiger partial charge in [-0.3, -0.25) is 4.98 Å². The number of hydrogen-bond acceptors (Lipinski definition) is 10. The zero-order chi connectivity index (χ0) is 25.6. The van der Waals surface area contributed by atoms with E-state index in [2.05, 4.69) is 40.5 Å². The van der Waals surface area contributed by atoms with Crippen molar-refractivity contribution in [3.05, 3.63) is 70.8 Å². The van der Waals surface area contributed by atoms with Crippen molar-refractivity contribution >= 4 is 44.6 Å². The fourth-order valence-electron chi connectivity index (χ4n) is 3.64. The van der Waals surface area contributed by atoms with Gasteiger partial charge in [-0.15, -0.1) is 0 Å². The first-order valence-corrected chi connectivity index (χ1v) is 12.3. The fourth-order valence-corrected chi connectivity index (χ4v) is 4.53. The van der Waals surface area contributed by atoms with Gasteiger partial charge in [0.05, 0.1) is 41.5 Å². The zero-order valence-electron chi connectivity index (χ0n) is 19.6. The van der Waals surface area contributed by atoms with E-state index in [0.29, 0.717) is 35.6 Å². The van der Waals surface area contributed by atoms with Crippen LogP contribution in [-0.2, 0) is 30.7 Å². The minimum atomic E-state index is -0.528. The van der Waals surface area contributed by atoms with Crippen molar-refractivity contribution in [2.75, 3.05) is 18.5 Å². The quantitative estimate of drug-likeness (QED) is 0.217. The molecule has 0 aliphatic rings. The number of rotatable bonds is 10. The standard InChI is InChI=1S/C24H23FN8O3S/c25-15-2-1-7-26-18(15)11-28-22-21-23(30-13-29-22)37-20(33-21)6-9-36-24(35)27-8-5-19-31-16-4-3-14(12-34)10-17(16)32-19/h1-4,7,10,13,34H,5-6,8-9,11-12H2,(H,27,35)(H,31,32)(H,28,29,30). The summed E-state index contributed by atoms with van der Waals surface area (Å²) >= 11 is 1.38. The van der Waals surface area contributed by atoms with Crippen molar-refractivity contribution in [3.8, 4) is 0 Å². The van der Waals surface area contributed by atoms with Crippen LogP contribution in [0.1, 0.15) is 22.1 Å². The molecule has 11 nitrogen and oxygen atoms in total. The number of thiazole rings is 1. The molecule has 1 amide bonds. The van der Waals surface area contributed by atoms with E-state index in [0.717, 1.165) is 27.4 Å². The van der Waals surface area contributed by atoms with Crippen molar-refractivity contribution in [1.82, 2.24) is 35.2 Å². The van der Waals surface area contributed by atoms with Crippen LogP contribution in [0.25, 0.3) is 21.4 Å². The van der Waals surface area contributed by atoms with Crippen LogP contribution in [-0.4, -0.2) is 54.3 Å². The third-order valence-electron chi connectivity index (χ3n) is 5.46. The van der Waals surface area contributed by atoms with Crippen LogP contribution in [0.2, 0.25) is 0 Å². The molecule has 0 fully saturated rings. The lowest BCUT2D eigenvalue weighted by molar-refractivity contribution is 0.147. The van der Waals surface area contributed by atoms with Gasteiger partial charge in [0.1, 0.15) is 28.3 Å². The van der Waals surface area contributed by atoms with Gasteiger partial charge in [-0.25, -0.2) is 29.1 Å². The molecule has 4 heterocycles. The maximum absolute atomic E-state index is 13.8. The van der Waals surface area contributed by atoms with Crippen LogP contribution in [0.5, 0.6) is 0 Å². The Labute approximate surface area is 214 Å². The normalized spacial score (nSPS) is 11.2. The molecular weight excluding hydrogens is 499 g/mol. The highest BCUT2D eigenvalue weighted by atomic mass is 32.1. The highest BCUT2D eigenvalue weighted by molar-refractivity contribution is 7.18. The first-order valence-electron chi connectivity index (χ1n) is 11.5. The predicted octanol–water partition coefficient (Wildman–Crippen LogP) is 3.11. The maximum atomic E-state index is 13.8. The molecule has 0 atom stereocenters. The number of benzene rings is 1. The Balaban J connectivity index is 1.09. The molecule has 0 radical (unpaired) electrons. The van der Waals surface area contributed by atoms with E-state index in [9.17, 15) is 14.3 Å². The van der Waals surface area contributed by atoms with Gasteiger partial charge in [-0.2, -0.15) is 0 Å². The summed E-state index contributed by atoms with van der Waals surface area (Å²) in [6.45, 7) is 0.629. The number of fused-ring (bicyclic) bond motifs is 2. The first-order chi connectivity index (χ1) is 18.1. The minimum Gasteiger partial charge on any atom is -0.449 e. The number of aromatic amines is 1. The summed E-state index contributed by atoms with van der Waals surface area (Å²) in [5.74, 6) is 0.814. The smallest absolute Gasteiger partial charge is 0.407 e. The minimum absolute atomic E-state index is 0.0344. The number of hydrogen-bond donors (Lipinski definition) is 4. The topological polar surface area (TPSA) is 151 Å². The average Bonchev–Trinajstić information content (AvgIpc) is 3.51. The van der Waals surface area contributed by atoms with E-state index in [4.69, 9.17) is 4.74 Å². The number of pyridine rings is 1. The van der Waals surface area contributed by atoms with E-state index >= 15 is 0 Å². The Morgan fingerprint density at radius 3 is 2.95 bits per heavy atom. The molecule has 37 heavy (non-hydrogen) atoms. The lowest BCUT2D eigenvalue weighted by Gasteiger charge is -2.06. The second-order valence-corrected chi connectivity index (χ2v) is 9.09. The molecular formula is C24H23FN8O3S. The molecule has 0 aliphatic heterocycles. The number of amides is 1. The van der Waals surface area contributed by atoms with Gasteiger partial charge < -0.3 is 25.5 Å². The molecule has 0 saturated heterocycles. The van der Waals surface area contributed by atoms with Crippen molar-refractivity contribution < 1.29 is 19.0 Å². The van der Waals surface area contributed by atoms with Crippen LogP contribution >= 0.6 is 11.3 Å². The van der Waals surface area contributed by atoms with Gasteiger partial charge in [0, 0.05) is 25.6 Å². The molecule has 0 aliphatic carbocycles. The zero-order valence-corrected chi connectivity index (χ0v) is 20.4. The molecule has 4 aromatic heterocycles. The summed E-state index contributed by atoms with van der Waals surface area (Å²) in [7, 11) is 0. The van der Waals surface area contributed by atoms with Crippen LogP contribution in [0.3, 0.4) is 0 Å². The number of carbonyl (C=O) groups excluding carboxylic acids is 1. The molecule has 0 unspecified atom stereocenters. The van der Waals surface area contributed by atoms with Gasteiger partial charge in [0.2, 0.25) is 0 Å². The lowest BCUT2D eigenvalue weighted by atomic mass is 10.2. The number of anilines is 1. The highest BCUT2D eigenvalue weighted by Crippen LogP contribution is 2.25. The van der Waals surface area contributed by atoms with Crippen molar-refractivity contribution in [2.45, 2.75) is 26.0 Å². The SMILES string of the molecule is O=C(NCCc1nc2ccc(CO)cc2[nH]1)OCCc1nc2c(NCc3ncccc3F)ncnc2s1. The van der Waals surface area contributed by atoms with Crippen LogP contribution < -0.4 is 10.6 Å². The third-order valence-corrected chi connectivity index (χ3v) is 6.48. The summed E-state index contributed by atoms with van der Waals surface area (Å²) in [4.78, 5) is 37.5. The Kier molecular flexibility index (Phi) is 7.42. The molecule has 190 valence electrons. The average molecular weight is 523 g/mol. The maximum Gasteiger partial charge on any atom is 0.407 e. The monoisotopic (exact) mass is 522 g/mol. The van der Waals surface area contributed by atoms with Gasteiger partial charge in [0.25, 0.3) is 0 Å². The van der Waals surface area contributed by atoms with Gasteiger partial charge in [-0.1, -0.05) is 17.4 Å². The number of nitrogens with one attached hydrogen (secondary N) is 3. The van der Waals surface area contributed by atoms with Gasteiger partial charge in [0.15, 0.2) is 5.82 Å². The summed E-state index contributed by atoms with van der Waals surface area (Å²) in [5.41, 5.74) is 3.29. The summed E-state index contributed by atoms with van der Waals surface area (Å²) < 4.78 is 19.1. The number of ether oxygens (including phenoxy) is 1. The van der Waals surface area contributed by atoms with Crippen molar-refractivity contribution in [3.63, 3.8) is 0 Å². The van der Waals surface area contributed by atoms with E-state index in [-0.39, 0.29) is 25.5 Å². The predicted molar refractivity (Wildman–Crippen MR) is 136 cm³/mol. The summed E-state index contributed by atoms with van der Waals surface area (Å²) in [5, 5.41) is 15.8. The number of aliphatic hydroxyl groups is 1. The van der Waals surface area contributed by atoms with Gasteiger partial charge in [-0.05, 0) is 29.8 Å². The summed E-state index contributed by atoms with van der Waals surface area (Å²) in [6, 6.07) is 8.40. The number of carbonyl (C=O) groups is 1. The number of H-pyrrole nitrogens is 1. The van der Waals surface area contributed by atoms with E-state index in [1.54, 1.807) is 0 Å². The van der Waals surface area contributed by atoms with E-state index in [1.165, 1.54) is 36.0 Å². The molecule has 0 spiro atoms. The molecule has 13 heteroatoms. The van der Waals surface area contributed by atoms with Gasteiger partial charge >= 0.3 is 6.09 Å². The van der Waals surface area contributed by atoms with Crippen LogP contribution in [0.15, 0.2) is 42.9 Å². The van der Waals surface area contributed by atoms with E-state index < -0.39 is 11.9 Å². The Hall–Kier alpha value is -4.23. The molecule has 0 saturated carbocycles. The number of aliphatic hydroxyl groups excluding tert-OH is 1. The molecule has 1 aromatic carbocycles. The Morgan fingerprint density at radius 2 is 2.08 bits per heavy atom. The molecule has 4 N–H and O–H groups in total. The van der Waals surface area contributed by atoms with Crippen molar-refractivity contribution in [1.29, 1.82) is 0 Å². The molecule has 5 aromatic rings. The number of halogens is 1. The number of aromatic nitrogens is 6. The van der Waals surface area contributed by atoms with Crippen LogP contribution in [0, 0.1) is 5.82 Å². The first kappa shape index (κ1) is 24.5. The largest absolute Gasteiger partial charge is 0.449 e. The highest BCUT2D eigenvalue weighted by Gasteiger charge is 2.13.